The third-order valence-electron chi connectivity index (χ3n) is 7.66. The summed E-state index contributed by atoms with van der Waals surface area (Å²) in [6.07, 6.45) is 2.51. The quantitative estimate of drug-likeness (QED) is 0.287. The summed E-state index contributed by atoms with van der Waals surface area (Å²) in [6.45, 7) is 13.4. The number of fused-ring (bicyclic) bond motifs is 1. The normalized spacial score (nSPS) is 18.6. The number of nitrogens with zero attached hydrogens (tertiary/aromatic N) is 3. The standard InChI is InChI=1S/C30H45N4O6/c1-19(2)26(31)32-28(36)33-13-10-21(11-14-33)20(3)12-15-39-24-9-8-22-17-25(27(35)38-7)34(18-23(22)16-24)29(37)40-30(4,5)6/h8-9,16,19-21,25H,10-15,17-18H2,1-7H3,(H-,31,32,36)/q-1/t20-,25+/m1/s1. The van der Waals surface area contributed by atoms with E-state index in [9.17, 15) is 19.8 Å². The number of amides is 3. The fourth-order valence-corrected chi connectivity index (χ4v) is 5.11. The highest BCUT2D eigenvalue weighted by molar-refractivity contribution is 6.00. The highest BCUT2D eigenvalue weighted by Crippen LogP contribution is 2.30. The molecule has 0 spiro atoms. The van der Waals surface area contributed by atoms with E-state index in [-0.39, 0.29) is 24.3 Å². The minimum absolute atomic E-state index is 0.000601. The Hall–Kier alpha value is -3.30. The molecule has 0 unspecified atom stereocenters. The monoisotopic (exact) mass is 557 g/mol. The summed E-state index contributed by atoms with van der Waals surface area (Å²) in [7, 11) is 1.32. The van der Waals surface area contributed by atoms with Gasteiger partial charge in [-0.2, -0.15) is 0 Å². The maximum atomic E-state index is 12.9. The van der Waals surface area contributed by atoms with Crippen molar-refractivity contribution in [3.8, 4) is 5.75 Å². The van der Waals surface area contributed by atoms with Gasteiger partial charge in [-0.25, -0.2) is 9.59 Å². The zero-order chi connectivity index (χ0) is 29.6. The number of carbonyl (C=O) groups is 3. The molecule has 3 rings (SSSR count). The van der Waals surface area contributed by atoms with Crippen LogP contribution in [-0.4, -0.2) is 72.2 Å². The second-order valence-electron chi connectivity index (χ2n) is 12.2. The molecule has 1 fully saturated rings. The molecule has 1 aromatic carbocycles. The van der Waals surface area contributed by atoms with Gasteiger partial charge in [0.05, 0.1) is 20.3 Å². The lowest BCUT2D eigenvalue weighted by Crippen LogP contribution is -2.50. The number of urea groups is 1. The number of carbonyl (C=O) groups excluding carboxylic acids is 3. The lowest BCUT2D eigenvalue weighted by Gasteiger charge is -2.37. The molecule has 10 nitrogen and oxygen atoms in total. The van der Waals surface area contributed by atoms with E-state index in [2.05, 4.69) is 12.2 Å². The second-order valence-corrected chi connectivity index (χ2v) is 12.2. The highest BCUT2D eigenvalue weighted by atomic mass is 16.6. The van der Waals surface area contributed by atoms with E-state index >= 15 is 0 Å². The van der Waals surface area contributed by atoms with Gasteiger partial charge in [0.25, 0.3) is 0 Å². The number of rotatable bonds is 7. The Morgan fingerprint density at radius 1 is 1.10 bits per heavy atom. The molecule has 1 aromatic rings. The van der Waals surface area contributed by atoms with E-state index in [1.807, 2.05) is 32.0 Å². The summed E-state index contributed by atoms with van der Waals surface area (Å²) >= 11 is 0. The maximum Gasteiger partial charge on any atom is 0.411 e. The molecule has 1 saturated heterocycles. The average molecular weight is 558 g/mol. The van der Waals surface area contributed by atoms with E-state index < -0.39 is 23.7 Å². The maximum absolute atomic E-state index is 12.9. The smallest absolute Gasteiger partial charge is 0.411 e. The van der Waals surface area contributed by atoms with Gasteiger partial charge in [-0.3, -0.25) is 9.69 Å². The first-order valence-electron chi connectivity index (χ1n) is 14.2. The molecule has 0 radical (unpaired) electrons. The zero-order valence-electron chi connectivity index (χ0n) is 25.0. The van der Waals surface area contributed by atoms with Crippen molar-refractivity contribution in [3.63, 3.8) is 0 Å². The number of benzene rings is 1. The van der Waals surface area contributed by atoms with Crippen LogP contribution in [-0.2, 0) is 27.2 Å². The second kappa shape index (κ2) is 13.4. The van der Waals surface area contributed by atoms with Crippen LogP contribution >= 0.6 is 0 Å². The molecule has 0 aromatic heterocycles. The van der Waals surface area contributed by atoms with Crippen molar-refractivity contribution in [3.05, 3.63) is 34.7 Å². The van der Waals surface area contributed by atoms with Crippen LogP contribution in [0.5, 0.6) is 5.75 Å². The van der Waals surface area contributed by atoms with E-state index in [1.165, 1.54) is 12.0 Å². The largest absolute Gasteiger partial charge is 0.494 e. The number of esters is 1. The van der Waals surface area contributed by atoms with Crippen molar-refractivity contribution >= 4 is 23.9 Å². The fraction of sp³-hybridized carbons (Fsp3) is 0.667. The summed E-state index contributed by atoms with van der Waals surface area (Å²) in [6, 6.07) is 4.81. The Morgan fingerprint density at radius 2 is 1.77 bits per heavy atom. The highest BCUT2D eigenvalue weighted by Gasteiger charge is 2.38. The summed E-state index contributed by atoms with van der Waals surface area (Å²) < 4.78 is 16.6. The molecule has 2 aliphatic rings. The molecule has 0 aliphatic carbocycles. The topological polar surface area (TPSA) is 120 Å². The Morgan fingerprint density at radius 3 is 2.38 bits per heavy atom. The molecule has 10 heteroatoms. The molecule has 222 valence electrons. The van der Waals surface area contributed by atoms with Crippen molar-refractivity contribution in [2.24, 2.45) is 17.8 Å². The van der Waals surface area contributed by atoms with Gasteiger partial charge in [0.1, 0.15) is 17.4 Å². The Bertz CT molecular complexity index is 1070. The van der Waals surface area contributed by atoms with Gasteiger partial charge in [0, 0.05) is 19.5 Å². The van der Waals surface area contributed by atoms with Gasteiger partial charge in [-0.15, -0.1) is 0 Å². The summed E-state index contributed by atoms with van der Waals surface area (Å²) in [5.74, 6) is 1.07. The van der Waals surface area contributed by atoms with Crippen LogP contribution < -0.4 is 10.1 Å². The number of hydrogen-bond acceptors (Lipinski definition) is 6. The predicted octanol–water partition coefficient (Wildman–Crippen LogP) is 4.97. The Balaban J connectivity index is 1.52. The molecule has 40 heavy (non-hydrogen) atoms. The number of amidine groups is 1. The number of methoxy groups -OCH3 is 1. The molecular weight excluding hydrogens is 512 g/mol. The van der Waals surface area contributed by atoms with Crippen molar-refractivity contribution in [1.29, 1.82) is 0 Å². The van der Waals surface area contributed by atoms with Crippen LogP contribution in [0.3, 0.4) is 0 Å². The minimum Gasteiger partial charge on any atom is -0.494 e. The lowest BCUT2D eigenvalue weighted by molar-refractivity contribution is -0.147. The number of likely N-dealkylation sites (tertiary alicyclic amines) is 1. The summed E-state index contributed by atoms with van der Waals surface area (Å²) in [4.78, 5) is 40.9. The van der Waals surface area contributed by atoms with Crippen LogP contribution in [0.1, 0.15) is 71.9 Å². The first kappa shape index (κ1) is 31.2. The summed E-state index contributed by atoms with van der Waals surface area (Å²) in [5, 5.41) is 12.4. The Kier molecular flexibility index (Phi) is 10.4. The van der Waals surface area contributed by atoms with E-state index in [0.29, 0.717) is 38.0 Å². The Labute approximate surface area is 238 Å². The van der Waals surface area contributed by atoms with Gasteiger partial charge < -0.3 is 29.8 Å². The molecule has 1 N–H and O–H groups in total. The molecule has 3 amide bonds. The van der Waals surface area contributed by atoms with Crippen LogP contribution in [0.25, 0.3) is 5.41 Å². The van der Waals surface area contributed by atoms with Crippen molar-refractivity contribution in [2.45, 2.75) is 85.4 Å². The van der Waals surface area contributed by atoms with Crippen LogP contribution in [0.15, 0.2) is 18.2 Å². The van der Waals surface area contributed by atoms with Crippen LogP contribution in [0.4, 0.5) is 9.59 Å². The molecule has 2 heterocycles. The van der Waals surface area contributed by atoms with Crippen molar-refractivity contribution < 1.29 is 28.6 Å². The number of hydrogen-bond donors (Lipinski definition) is 1. The lowest BCUT2D eigenvalue weighted by atomic mass is 9.84. The van der Waals surface area contributed by atoms with Crippen LogP contribution in [0, 0.1) is 17.8 Å². The number of piperidine rings is 1. The molecule has 2 atom stereocenters. The van der Waals surface area contributed by atoms with Crippen LogP contribution in [0.2, 0.25) is 0 Å². The van der Waals surface area contributed by atoms with Crippen molar-refractivity contribution in [1.82, 2.24) is 15.1 Å². The minimum atomic E-state index is -0.739. The molecular formula is C30H45N4O6-. The predicted molar refractivity (Wildman–Crippen MR) is 153 cm³/mol. The number of nitrogens with one attached hydrogen (secondary N) is 1. The fourth-order valence-electron chi connectivity index (χ4n) is 5.11. The third-order valence-corrected chi connectivity index (χ3v) is 7.66. The van der Waals surface area contributed by atoms with Gasteiger partial charge in [0.2, 0.25) is 6.03 Å². The van der Waals surface area contributed by atoms with Gasteiger partial charge >= 0.3 is 12.1 Å². The third kappa shape index (κ3) is 8.35. The first-order valence-corrected chi connectivity index (χ1v) is 14.2. The molecule has 0 saturated carbocycles. The van der Waals surface area contributed by atoms with Crippen molar-refractivity contribution in [2.75, 3.05) is 26.8 Å². The first-order chi connectivity index (χ1) is 18.8. The number of ether oxygens (including phenoxy) is 3. The molecule has 0 bridgehead atoms. The average Bonchev–Trinajstić information content (AvgIpc) is 2.90. The van der Waals surface area contributed by atoms with E-state index in [4.69, 9.17) is 14.2 Å². The zero-order valence-corrected chi connectivity index (χ0v) is 25.0. The molecule has 2 aliphatic heterocycles. The SMILES string of the molecule is COC(=O)[C@@H]1Cc2ccc(OCC[C@@H](C)C3CCN(C(=O)NC(=[N-])C(C)C)CC3)cc2CN1C(=O)OC(C)(C)C. The van der Waals surface area contributed by atoms with Gasteiger partial charge in [-0.05, 0) is 81.0 Å². The van der Waals surface area contributed by atoms with E-state index in [0.717, 1.165) is 36.1 Å². The van der Waals surface area contributed by atoms with E-state index in [1.54, 1.807) is 25.7 Å². The van der Waals surface area contributed by atoms with Gasteiger partial charge in [-0.1, -0.05) is 32.7 Å². The summed E-state index contributed by atoms with van der Waals surface area (Å²) in [5.41, 5.74) is 1.21. The van der Waals surface area contributed by atoms with Gasteiger partial charge in [0.15, 0.2) is 0 Å².